The summed E-state index contributed by atoms with van der Waals surface area (Å²) in [5.74, 6) is 1.47. The van der Waals surface area contributed by atoms with E-state index >= 15 is 0 Å². The Balaban J connectivity index is 1.74. The maximum absolute atomic E-state index is 6.09. The summed E-state index contributed by atoms with van der Waals surface area (Å²) >= 11 is 0. The maximum Gasteiger partial charge on any atom is 0.175 e. The molecular formula is C16H23N5O. The van der Waals surface area contributed by atoms with Crippen molar-refractivity contribution in [3.8, 4) is 5.82 Å². The van der Waals surface area contributed by atoms with E-state index in [1.54, 1.807) is 4.68 Å². The number of nitrogens with zero attached hydrogens (tertiary/aromatic N) is 4. The van der Waals surface area contributed by atoms with Crippen molar-refractivity contribution in [3.63, 3.8) is 0 Å². The van der Waals surface area contributed by atoms with Crippen LogP contribution in [0.15, 0.2) is 24.4 Å². The molecule has 1 saturated heterocycles. The Morgan fingerprint density at radius 1 is 1.18 bits per heavy atom. The molecule has 118 valence electrons. The molecule has 1 atom stereocenters. The van der Waals surface area contributed by atoms with Crippen LogP contribution in [0.5, 0.6) is 0 Å². The Hall–Kier alpha value is -1.95. The van der Waals surface area contributed by atoms with Crippen LogP contribution in [-0.2, 0) is 4.74 Å². The van der Waals surface area contributed by atoms with Crippen LogP contribution in [0.25, 0.3) is 5.82 Å². The van der Waals surface area contributed by atoms with Crippen molar-refractivity contribution in [3.05, 3.63) is 30.1 Å². The zero-order chi connectivity index (χ0) is 16.0. The molecule has 3 heterocycles. The lowest BCUT2D eigenvalue weighted by Crippen LogP contribution is -2.38. The molecule has 0 spiro atoms. The first-order valence-corrected chi connectivity index (χ1v) is 7.58. The lowest BCUT2D eigenvalue weighted by atomic mass is 9.94. The Morgan fingerprint density at radius 3 is 2.45 bits per heavy atom. The molecule has 0 radical (unpaired) electrons. The largest absolute Gasteiger partial charge is 0.367 e. The van der Waals surface area contributed by atoms with E-state index in [9.17, 15) is 0 Å². The summed E-state index contributed by atoms with van der Waals surface area (Å²) in [6.07, 6.45) is 2.81. The van der Waals surface area contributed by atoms with Gasteiger partial charge in [0.1, 0.15) is 5.82 Å². The molecular weight excluding hydrogens is 278 g/mol. The Bertz CT molecular complexity index is 659. The molecule has 2 aromatic heterocycles. The number of aryl methyl sites for hydroxylation is 1. The minimum absolute atomic E-state index is 0.124. The van der Waals surface area contributed by atoms with Crippen molar-refractivity contribution in [1.82, 2.24) is 20.0 Å². The first kappa shape index (κ1) is 15.0. The van der Waals surface area contributed by atoms with E-state index in [-0.39, 0.29) is 17.2 Å². The highest BCUT2D eigenvalue weighted by Crippen LogP contribution is 2.38. The number of hydrogen-bond donors (Lipinski definition) is 1. The van der Waals surface area contributed by atoms with Gasteiger partial charge in [-0.3, -0.25) is 0 Å². The first-order chi connectivity index (χ1) is 10.3. The van der Waals surface area contributed by atoms with Gasteiger partial charge in [-0.05, 0) is 59.2 Å². The highest BCUT2D eigenvalue weighted by molar-refractivity contribution is 5.38. The fraction of sp³-hybridized carbons (Fsp3) is 0.562. The Kier molecular flexibility index (Phi) is 3.44. The van der Waals surface area contributed by atoms with E-state index < -0.39 is 0 Å². The number of rotatable bonds is 3. The van der Waals surface area contributed by atoms with Crippen molar-refractivity contribution in [2.45, 2.75) is 58.3 Å². The van der Waals surface area contributed by atoms with Gasteiger partial charge in [0, 0.05) is 6.20 Å². The molecule has 1 fully saturated rings. The molecule has 1 aliphatic rings. The third-order valence-electron chi connectivity index (χ3n) is 4.00. The SMILES string of the molecule is Cc1ccn(-c2ccc(NC3CC(C)(C)OC3(C)C)nn2)n1. The zero-order valence-corrected chi connectivity index (χ0v) is 13.8. The van der Waals surface area contributed by atoms with E-state index in [0.29, 0.717) is 5.82 Å². The third kappa shape index (κ3) is 2.97. The van der Waals surface area contributed by atoms with Crippen molar-refractivity contribution in [1.29, 1.82) is 0 Å². The van der Waals surface area contributed by atoms with Crippen LogP contribution in [0, 0.1) is 6.92 Å². The van der Waals surface area contributed by atoms with E-state index in [1.807, 2.05) is 31.3 Å². The molecule has 1 N–H and O–H groups in total. The topological polar surface area (TPSA) is 64.9 Å². The van der Waals surface area contributed by atoms with Gasteiger partial charge in [-0.2, -0.15) is 5.10 Å². The number of aromatic nitrogens is 4. The maximum atomic E-state index is 6.09. The highest BCUT2D eigenvalue weighted by atomic mass is 16.5. The van der Waals surface area contributed by atoms with Gasteiger partial charge >= 0.3 is 0 Å². The number of hydrogen-bond acceptors (Lipinski definition) is 5. The zero-order valence-electron chi connectivity index (χ0n) is 13.8. The second-order valence-electron chi connectivity index (χ2n) is 7.04. The molecule has 0 aliphatic carbocycles. The summed E-state index contributed by atoms with van der Waals surface area (Å²) in [6, 6.07) is 5.99. The van der Waals surface area contributed by atoms with E-state index in [4.69, 9.17) is 4.74 Å². The lowest BCUT2D eigenvalue weighted by Gasteiger charge is -2.27. The minimum Gasteiger partial charge on any atom is -0.367 e. The molecule has 3 rings (SSSR count). The van der Waals surface area contributed by atoms with Crippen LogP contribution in [0.2, 0.25) is 0 Å². The van der Waals surface area contributed by atoms with Crippen LogP contribution in [0.3, 0.4) is 0 Å². The van der Waals surface area contributed by atoms with Gasteiger partial charge in [-0.15, -0.1) is 10.2 Å². The average Bonchev–Trinajstić information content (AvgIpc) is 2.91. The van der Waals surface area contributed by atoms with Gasteiger partial charge < -0.3 is 10.1 Å². The molecule has 1 aliphatic heterocycles. The van der Waals surface area contributed by atoms with Crippen LogP contribution in [0.4, 0.5) is 5.82 Å². The molecule has 22 heavy (non-hydrogen) atoms. The van der Waals surface area contributed by atoms with Crippen LogP contribution in [0.1, 0.15) is 39.8 Å². The summed E-state index contributed by atoms with van der Waals surface area (Å²) in [6.45, 7) is 10.4. The molecule has 1 unspecified atom stereocenters. The molecule has 0 saturated carbocycles. The Labute approximate surface area is 130 Å². The van der Waals surface area contributed by atoms with Crippen LogP contribution in [-0.4, -0.2) is 37.2 Å². The predicted molar refractivity (Wildman–Crippen MR) is 85.2 cm³/mol. The van der Waals surface area contributed by atoms with Crippen molar-refractivity contribution in [2.24, 2.45) is 0 Å². The van der Waals surface area contributed by atoms with Crippen molar-refractivity contribution >= 4 is 5.82 Å². The monoisotopic (exact) mass is 301 g/mol. The lowest BCUT2D eigenvalue weighted by molar-refractivity contribution is -0.0662. The number of ether oxygens (including phenoxy) is 1. The fourth-order valence-corrected chi connectivity index (χ4v) is 3.03. The minimum atomic E-state index is -0.233. The predicted octanol–water partition coefficient (Wildman–Crippen LogP) is 2.73. The Morgan fingerprint density at radius 2 is 1.95 bits per heavy atom. The normalized spacial score (nSPS) is 22.7. The van der Waals surface area contributed by atoms with Gasteiger partial charge in [0.2, 0.25) is 0 Å². The van der Waals surface area contributed by atoms with Crippen LogP contribution >= 0.6 is 0 Å². The fourth-order valence-electron chi connectivity index (χ4n) is 3.03. The van der Waals surface area contributed by atoms with E-state index in [2.05, 4.69) is 48.3 Å². The first-order valence-electron chi connectivity index (χ1n) is 7.58. The van der Waals surface area contributed by atoms with E-state index in [0.717, 1.165) is 17.9 Å². The van der Waals surface area contributed by atoms with Crippen LogP contribution < -0.4 is 5.32 Å². The van der Waals surface area contributed by atoms with Gasteiger partial charge in [0.05, 0.1) is 22.9 Å². The average molecular weight is 301 g/mol. The smallest absolute Gasteiger partial charge is 0.175 e. The van der Waals surface area contributed by atoms with Crippen molar-refractivity contribution in [2.75, 3.05) is 5.32 Å². The van der Waals surface area contributed by atoms with E-state index in [1.165, 1.54) is 0 Å². The van der Waals surface area contributed by atoms with Gasteiger partial charge in [-0.1, -0.05) is 0 Å². The summed E-state index contributed by atoms with van der Waals surface area (Å²) < 4.78 is 7.81. The second kappa shape index (κ2) is 5.05. The molecule has 0 amide bonds. The summed E-state index contributed by atoms with van der Waals surface area (Å²) in [4.78, 5) is 0. The number of nitrogens with one attached hydrogen (secondary N) is 1. The highest BCUT2D eigenvalue weighted by Gasteiger charge is 2.45. The number of anilines is 1. The summed E-state index contributed by atoms with van der Waals surface area (Å²) in [5.41, 5.74) is 0.598. The molecule has 6 nitrogen and oxygen atoms in total. The van der Waals surface area contributed by atoms with Crippen molar-refractivity contribution < 1.29 is 4.74 Å². The second-order valence-corrected chi connectivity index (χ2v) is 7.04. The van der Waals surface area contributed by atoms with Gasteiger partial charge in [0.25, 0.3) is 0 Å². The molecule has 0 bridgehead atoms. The molecule has 2 aromatic rings. The van der Waals surface area contributed by atoms with Gasteiger partial charge in [-0.25, -0.2) is 4.68 Å². The van der Waals surface area contributed by atoms with Gasteiger partial charge in [0.15, 0.2) is 5.82 Å². The quantitative estimate of drug-likeness (QED) is 0.944. The summed E-state index contributed by atoms with van der Waals surface area (Å²) in [7, 11) is 0. The standard InChI is InChI=1S/C16H23N5O/c1-11-8-9-21(20-11)14-7-6-13(18-19-14)17-12-10-15(2,3)22-16(12,4)5/h6-9,12H,10H2,1-5H3,(H,17,18). The summed E-state index contributed by atoms with van der Waals surface area (Å²) in [5, 5.41) is 16.3. The molecule has 0 aromatic carbocycles. The molecule has 6 heteroatoms. The third-order valence-corrected chi connectivity index (χ3v) is 4.00.